The molecule has 0 fully saturated rings. The molecule has 1 heterocycles. The van der Waals surface area contributed by atoms with Crippen molar-refractivity contribution in [2.75, 3.05) is 5.32 Å². The molecule has 24 heavy (non-hydrogen) atoms. The fourth-order valence-corrected chi connectivity index (χ4v) is 2.65. The second-order valence-corrected chi connectivity index (χ2v) is 6.17. The van der Waals surface area contributed by atoms with Gasteiger partial charge in [-0.05, 0) is 19.9 Å². The number of nitrogens with one attached hydrogen (secondary N) is 2. The lowest BCUT2D eigenvalue weighted by molar-refractivity contribution is -0.384. The fraction of sp³-hybridized carbons (Fsp3) is 0.467. The average Bonchev–Trinajstić information content (AvgIpc) is 2.42. The zero-order valence-corrected chi connectivity index (χ0v) is 13.7. The Hall–Kier alpha value is -2.68. The number of nitro groups is 1. The highest BCUT2D eigenvalue weighted by molar-refractivity contribution is 5.92. The van der Waals surface area contributed by atoms with Gasteiger partial charge < -0.3 is 20.5 Å². The van der Waals surface area contributed by atoms with Gasteiger partial charge in [-0.15, -0.1) is 0 Å². The zero-order valence-electron chi connectivity index (χ0n) is 13.7. The van der Waals surface area contributed by atoms with Crippen molar-refractivity contribution in [1.29, 1.82) is 0 Å². The first-order valence-corrected chi connectivity index (χ1v) is 7.27. The Morgan fingerprint density at radius 2 is 1.92 bits per heavy atom. The number of ether oxygens (including phenoxy) is 1. The molecule has 0 saturated heterocycles. The Labute approximate surface area is 138 Å². The van der Waals surface area contributed by atoms with Gasteiger partial charge in [0.2, 0.25) is 11.8 Å². The topological polar surface area (TPSA) is 131 Å². The summed E-state index contributed by atoms with van der Waals surface area (Å²) in [5, 5.41) is 26.7. The Balaban J connectivity index is 2.64. The SMILES string of the molecule is CC(=O)Nc1cc2c(cc1[N+](=O)[O-])OC(C)(C)[C@@H](O)[C@@H]2NC(C)=O. The summed E-state index contributed by atoms with van der Waals surface area (Å²) in [5.41, 5.74) is -1.08. The number of hydrogen-bond donors (Lipinski definition) is 3. The number of aliphatic hydroxyl groups is 1. The predicted molar refractivity (Wildman–Crippen MR) is 84.7 cm³/mol. The van der Waals surface area contributed by atoms with E-state index >= 15 is 0 Å². The fourth-order valence-electron chi connectivity index (χ4n) is 2.65. The summed E-state index contributed by atoms with van der Waals surface area (Å²) in [6.45, 7) is 5.75. The average molecular weight is 337 g/mol. The van der Waals surface area contributed by atoms with Crippen LogP contribution >= 0.6 is 0 Å². The van der Waals surface area contributed by atoms with Crippen LogP contribution in [0.2, 0.25) is 0 Å². The monoisotopic (exact) mass is 337 g/mol. The largest absolute Gasteiger partial charge is 0.484 e. The van der Waals surface area contributed by atoms with Crippen LogP contribution in [0.15, 0.2) is 12.1 Å². The van der Waals surface area contributed by atoms with E-state index in [-0.39, 0.29) is 23.0 Å². The second-order valence-electron chi connectivity index (χ2n) is 6.17. The number of rotatable bonds is 3. The second kappa shape index (κ2) is 6.08. The minimum absolute atomic E-state index is 0.0305. The van der Waals surface area contributed by atoms with E-state index in [4.69, 9.17) is 4.74 Å². The summed E-state index contributed by atoms with van der Waals surface area (Å²) in [6.07, 6.45) is -1.08. The van der Waals surface area contributed by atoms with Crippen LogP contribution in [0.4, 0.5) is 11.4 Å². The van der Waals surface area contributed by atoms with Crippen molar-refractivity contribution in [1.82, 2.24) is 5.32 Å². The smallest absolute Gasteiger partial charge is 0.296 e. The summed E-state index contributed by atoms with van der Waals surface area (Å²) in [4.78, 5) is 33.4. The number of amides is 2. The van der Waals surface area contributed by atoms with E-state index in [9.17, 15) is 24.8 Å². The number of anilines is 1. The lowest BCUT2D eigenvalue weighted by atomic mass is 9.86. The maximum Gasteiger partial charge on any atom is 0.296 e. The van der Waals surface area contributed by atoms with Gasteiger partial charge in [-0.1, -0.05) is 0 Å². The summed E-state index contributed by atoms with van der Waals surface area (Å²) < 4.78 is 5.68. The molecule has 0 unspecified atom stereocenters. The molecule has 2 rings (SSSR count). The molecule has 3 N–H and O–H groups in total. The number of benzene rings is 1. The van der Waals surface area contributed by atoms with Gasteiger partial charge in [0, 0.05) is 19.4 Å². The van der Waals surface area contributed by atoms with E-state index in [0.717, 1.165) is 0 Å². The first kappa shape index (κ1) is 17.7. The summed E-state index contributed by atoms with van der Waals surface area (Å²) >= 11 is 0. The number of aliphatic hydroxyl groups excluding tert-OH is 1. The Kier molecular flexibility index (Phi) is 4.48. The van der Waals surface area contributed by atoms with Crippen molar-refractivity contribution in [2.24, 2.45) is 0 Å². The molecule has 2 amide bonds. The van der Waals surface area contributed by atoms with Crippen molar-refractivity contribution in [3.05, 3.63) is 27.8 Å². The molecule has 1 aromatic rings. The van der Waals surface area contributed by atoms with Gasteiger partial charge in [-0.3, -0.25) is 19.7 Å². The minimum atomic E-state index is -1.08. The lowest BCUT2D eigenvalue weighted by Crippen LogP contribution is -2.53. The third-order valence-electron chi connectivity index (χ3n) is 3.73. The predicted octanol–water partition coefficient (Wildman–Crippen LogP) is 1.26. The first-order chi connectivity index (χ1) is 11.0. The van der Waals surface area contributed by atoms with Gasteiger partial charge >= 0.3 is 0 Å². The van der Waals surface area contributed by atoms with Crippen molar-refractivity contribution in [2.45, 2.75) is 45.4 Å². The molecule has 9 heteroatoms. The Bertz CT molecular complexity index is 715. The number of fused-ring (bicyclic) bond motifs is 1. The third kappa shape index (κ3) is 3.30. The molecule has 0 saturated carbocycles. The summed E-state index contributed by atoms with van der Waals surface area (Å²) in [6, 6.07) is 1.70. The maximum absolute atomic E-state index is 11.5. The van der Waals surface area contributed by atoms with Crippen molar-refractivity contribution >= 4 is 23.2 Å². The van der Waals surface area contributed by atoms with E-state index in [2.05, 4.69) is 10.6 Å². The lowest BCUT2D eigenvalue weighted by Gasteiger charge is -2.42. The van der Waals surface area contributed by atoms with Crippen LogP contribution in [-0.2, 0) is 9.59 Å². The number of nitrogens with zero attached hydrogens (tertiary/aromatic N) is 1. The Morgan fingerprint density at radius 3 is 2.42 bits per heavy atom. The molecule has 1 aliphatic heterocycles. The van der Waals surface area contributed by atoms with E-state index < -0.39 is 28.6 Å². The molecule has 9 nitrogen and oxygen atoms in total. The zero-order chi connectivity index (χ0) is 18.2. The van der Waals surface area contributed by atoms with E-state index in [0.29, 0.717) is 5.56 Å². The summed E-state index contributed by atoms with van der Waals surface area (Å²) in [5.74, 6) is -0.682. The molecule has 0 aliphatic carbocycles. The van der Waals surface area contributed by atoms with Crippen LogP contribution in [0.25, 0.3) is 0 Å². The molecule has 1 aromatic carbocycles. The molecule has 0 spiro atoms. The van der Waals surface area contributed by atoms with Crippen LogP contribution in [0.1, 0.15) is 39.3 Å². The number of carbonyl (C=O) groups excluding carboxylic acids is 2. The van der Waals surface area contributed by atoms with E-state index in [1.54, 1.807) is 13.8 Å². The number of nitro benzene ring substituents is 1. The molecule has 0 radical (unpaired) electrons. The first-order valence-electron chi connectivity index (χ1n) is 7.27. The van der Waals surface area contributed by atoms with Crippen LogP contribution in [0.5, 0.6) is 5.75 Å². The standard InChI is InChI=1S/C15H19N3O6/c1-7(19)16-10-5-9-12(6-11(10)18(22)23)24-15(3,4)14(21)13(9)17-8(2)20/h5-6,13-14,21H,1-4H3,(H,16,19)(H,17,20)/t13-,14+/m1/s1. The molecule has 0 aromatic heterocycles. The van der Waals surface area contributed by atoms with Crippen LogP contribution < -0.4 is 15.4 Å². The normalized spacial score (nSPS) is 21.2. The highest BCUT2D eigenvalue weighted by Crippen LogP contribution is 2.44. The van der Waals surface area contributed by atoms with Gasteiger partial charge in [-0.2, -0.15) is 0 Å². The van der Waals surface area contributed by atoms with Gasteiger partial charge in [-0.25, -0.2) is 0 Å². The highest BCUT2D eigenvalue weighted by atomic mass is 16.6. The number of hydrogen-bond acceptors (Lipinski definition) is 6. The highest BCUT2D eigenvalue weighted by Gasteiger charge is 2.44. The Morgan fingerprint density at radius 1 is 1.29 bits per heavy atom. The molecule has 130 valence electrons. The molecule has 1 aliphatic rings. The van der Waals surface area contributed by atoms with Gasteiger partial charge in [0.15, 0.2) is 0 Å². The van der Waals surface area contributed by atoms with E-state index in [1.807, 2.05) is 0 Å². The van der Waals surface area contributed by atoms with Gasteiger partial charge in [0.25, 0.3) is 5.69 Å². The summed E-state index contributed by atoms with van der Waals surface area (Å²) in [7, 11) is 0. The quantitative estimate of drug-likeness (QED) is 0.562. The molecule has 2 atom stereocenters. The van der Waals surface area contributed by atoms with Crippen molar-refractivity contribution < 1.29 is 24.4 Å². The van der Waals surface area contributed by atoms with Gasteiger partial charge in [0.05, 0.1) is 17.0 Å². The minimum Gasteiger partial charge on any atom is -0.484 e. The van der Waals surface area contributed by atoms with Crippen LogP contribution in [0.3, 0.4) is 0 Å². The molecular formula is C15H19N3O6. The third-order valence-corrected chi connectivity index (χ3v) is 3.73. The molecule has 0 bridgehead atoms. The van der Waals surface area contributed by atoms with Crippen molar-refractivity contribution in [3.8, 4) is 5.75 Å². The molecular weight excluding hydrogens is 318 g/mol. The number of carbonyl (C=O) groups is 2. The van der Waals surface area contributed by atoms with Crippen LogP contribution in [0, 0.1) is 10.1 Å². The van der Waals surface area contributed by atoms with Crippen molar-refractivity contribution in [3.63, 3.8) is 0 Å². The van der Waals surface area contributed by atoms with Gasteiger partial charge in [0.1, 0.15) is 23.1 Å². The van der Waals surface area contributed by atoms with Crippen LogP contribution in [-0.4, -0.2) is 33.5 Å². The maximum atomic E-state index is 11.5. The van der Waals surface area contributed by atoms with E-state index in [1.165, 1.54) is 26.0 Å².